The number of aliphatic hydroxyl groups excluding tert-OH is 4. The third-order valence-electron chi connectivity index (χ3n) is 14.2. The number of phenolic OH excluding ortho intramolecular Hbond substituents is 1. The zero-order valence-corrected chi connectivity index (χ0v) is 46.4. The Morgan fingerprint density at radius 2 is 1.43 bits per heavy atom. The maximum Gasteiger partial charge on any atom is 0.329 e. The Morgan fingerprint density at radius 3 is 2.00 bits per heavy atom. The second-order valence-electron chi connectivity index (χ2n) is 20.8. The van der Waals surface area contributed by atoms with Gasteiger partial charge >= 0.3 is 5.97 Å². The summed E-state index contributed by atoms with van der Waals surface area (Å²) >= 11 is 0. The number of likely N-dealkylation sites (N-methyl/N-ethyl adjacent to an activating group) is 1. The number of nitrogens with one attached hydrogen (secondary N) is 6. The number of fused-ring (bicyclic) bond motifs is 2. The molecular weight excluding hydrogens is 1050 g/mol. The molecule has 0 aromatic heterocycles. The maximum absolute atomic E-state index is 14.8. The number of carbonyl (C=O) groups is 10. The summed E-state index contributed by atoms with van der Waals surface area (Å²) in [4.78, 5) is 143. The summed E-state index contributed by atoms with van der Waals surface area (Å²) in [5.41, 5.74) is 6.58. The van der Waals surface area contributed by atoms with E-state index in [1.165, 1.54) is 40.1 Å². The molecule has 2 bridgehead atoms. The van der Waals surface area contributed by atoms with Crippen LogP contribution in [0.2, 0.25) is 0 Å². The van der Waals surface area contributed by atoms with Crippen molar-refractivity contribution >= 4 is 59.1 Å². The van der Waals surface area contributed by atoms with Crippen molar-refractivity contribution in [2.45, 2.75) is 172 Å². The van der Waals surface area contributed by atoms with Crippen LogP contribution in [0.15, 0.2) is 48.5 Å². The number of nitrogens with zero attached hydrogens (tertiary/aromatic N) is 2. The van der Waals surface area contributed by atoms with Gasteiger partial charge in [-0.05, 0) is 99.6 Å². The lowest BCUT2D eigenvalue weighted by molar-refractivity contribution is -0.170. The normalized spacial score (nSPS) is 24.5. The minimum atomic E-state index is -1.95. The Balaban J connectivity index is 1.84. The van der Waals surface area contributed by atoms with Gasteiger partial charge in [-0.3, -0.25) is 43.2 Å². The predicted molar refractivity (Wildman–Crippen MR) is 285 cm³/mol. The van der Waals surface area contributed by atoms with Crippen molar-refractivity contribution in [3.05, 3.63) is 59.7 Å². The molecule has 2 saturated heterocycles. The van der Waals surface area contributed by atoms with Crippen molar-refractivity contribution < 1.29 is 83.0 Å². The van der Waals surface area contributed by atoms with Crippen LogP contribution in [-0.4, -0.2) is 188 Å². The molecule has 2 aromatic carbocycles. The molecule has 0 spiro atoms. The fourth-order valence-corrected chi connectivity index (χ4v) is 9.22. The average Bonchev–Trinajstić information content (AvgIpc) is 3.43. The number of ether oxygens (including phenoxy) is 2. The molecule has 80 heavy (non-hydrogen) atoms. The van der Waals surface area contributed by atoms with Gasteiger partial charge in [-0.2, -0.15) is 0 Å². The number of cyclic esters (lactones) is 1. The molecule has 2 aliphatic heterocycles. The molecule has 13 N–H and O–H groups in total. The largest absolute Gasteiger partial charge is 0.508 e. The minimum absolute atomic E-state index is 0.0452. The first kappa shape index (κ1) is 65.1. The van der Waals surface area contributed by atoms with E-state index in [4.69, 9.17) is 15.2 Å². The number of amides is 9. The zero-order chi connectivity index (χ0) is 59.7. The number of piperidine rings is 1. The molecule has 2 aliphatic rings. The van der Waals surface area contributed by atoms with E-state index in [1.54, 1.807) is 64.1 Å². The van der Waals surface area contributed by atoms with Crippen LogP contribution in [0, 0.1) is 11.8 Å². The van der Waals surface area contributed by atoms with Crippen molar-refractivity contribution in [2.24, 2.45) is 17.6 Å². The van der Waals surface area contributed by atoms with Gasteiger partial charge in [-0.15, -0.1) is 0 Å². The smallest absolute Gasteiger partial charge is 0.329 e. The highest BCUT2D eigenvalue weighted by molar-refractivity contribution is 5.99. The number of carbonyl (C=O) groups excluding carboxylic acids is 10. The molecule has 442 valence electrons. The lowest BCUT2D eigenvalue weighted by Gasteiger charge is -2.43. The van der Waals surface area contributed by atoms with Crippen molar-refractivity contribution in [3.8, 4) is 11.5 Å². The number of benzene rings is 2. The molecule has 4 rings (SSSR count). The number of nitrogens with two attached hydrogens (primary N) is 1. The number of primary amides is 1. The number of hydrogen-bond acceptors (Lipinski definition) is 17. The van der Waals surface area contributed by atoms with Crippen LogP contribution in [0.25, 0.3) is 0 Å². The van der Waals surface area contributed by atoms with E-state index >= 15 is 0 Å². The number of hydrogen-bond donors (Lipinski definition) is 12. The van der Waals surface area contributed by atoms with Gasteiger partial charge in [0.05, 0.1) is 19.8 Å². The highest BCUT2D eigenvalue weighted by atomic mass is 16.5. The van der Waals surface area contributed by atoms with E-state index in [2.05, 4.69) is 31.9 Å². The molecule has 2 aromatic rings. The molecule has 2 fully saturated rings. The SMILES string of the molecule is CC[C@H](C)[C@@H]1NC(=O)[C@H](Cc2ccc(OC)cc2)N(C)C(=O)[C@H]([C@H](C)O)N2C(=O)[C@H](CC[C@H]2O)NC(=O)[C@H](CC(C)C)NC(=O)[C@@H](NC(=O)[C@H](CCC(N)=O)NC(=O)[C@H](CCc2ccc(O)cc2)NC(=O)[C@@H](O)CO)[C@@H](C)OC1=O. The van der Waals surface area contributed by atoms with Gasteiger partial charge in [0.15, 0.2) is 6.10 Å². The molecule has 0 unspecified atom stereocenters. The van der Waals surface area contributed by atoms with Gasteiger partial charge < -0.3 is 82.4 Å². The van der Waals surface area contributed by atoms with Crippen molar-refractivity contribution in [1.29, 1.82) is 0 Å². The lowest BCUT2D eigenvalue weighted by Crippen LogP contribution is -2.67. The molecule has 9 amide bonds. The average molecular weight is 1130 g/mol. The van der Waals surface area contributed by atoms with E-state index in [0.29, 0.717) is 16.9 Å². The number of phenols is 1. The lowest BCUT2D eigenvalue weighted by atomic mass is 9.95. The molecule has 2 heterocycles. The van der Waals surface area contributed by atoms with Gasteiger partial charge in [0.25, 0.3) is 5.91 Å². The van der Waals surface area contributed by atoms with Crippen molar-refractivity contribution in [2.75, 3.05) is 20.8 Å². The summed E-state index contributed by atoms with van der Waals surface area (Å²) in [5, 5.41) is 67.0. The number of methoxy groups -OCH3 is 1. The predicted octanol–water partition coefficient (Wildman–Crippen LogP) is -2.34. The van der Waals surface area contributed by atoms with Gasteiger partial charge in [-0.25, -0.2) is 4.79 Å². The van der Waals surface area contributed by atoms with Crippen molar-refractivity contribution in [1.82, 2.24) is 41.7 Å². The van der Waals surface area contributed by atoms with E-state index < -0.39 is 157 Å². The van der Waals surface area contributed by atoms with Gasteiger partial charge in [0, 0.05) is 19.9 Å². The molecule has 26 nitrogen and oxygen atoms in total. The second-order valence-corrected chi connectivity index (χ2v) is 20.8. The molecule has 0 saturated carbocycles. The summed E-state index contributed by atoms with van der Waals surface area (Å²) in [6.07, 6.45) is -8.43. The Kier molecular flexibility index (Phi) is 24.6. The molecular formula is C54H79N9O17. The first-order chi connectivity index (χ1) is 37.7. The van der Waals surface area contributed by atoms with Crippen LogP contribution in [0.5, 0.6) is 11.5 Å². The highest BCUT2D eigenvalue weighted by Crippen LogP contribution is 2.26. The summed E-state index contributed by atoms with van der Waals surface area (Å²) < 4.78 is 11.2. The van der Waals surface area contributed by atoms with Crippen LogP contribution in [-0.2, 0) is 65.5 Å². The van der Waals surface area contributed by atoms with E-state index in [0.717, 1.165) is 9.80 Å². The highest BCUT2D eigenvalue weighted by Gasteiger charge is 2.47. The quantitative estimate of drug-likeness (QED) is 0.0583. The number of rotatable bonds is 21. The van der Waals surface area contributed by atoms with Crippen LogP contribution >= 0.6 is 0 Å². The third-order valence-corrected chi connectivity index (χ3v) is 14.2. The Morgan fingerprint density at radius 1 is 0.812 bits per heavy atom. The molecule has 0 aliphatic carbocycles. The Labute approximate surface area is 464 Å². The molecule has 0 radical (unpaired) electrons. The van der Waals surface area contributed by atoms with E-state index in [9.17, 15) is 73.5 Å². The van der Waals surface area contributed by atoms with Crippen LogP contribution in [0.3, 0.4) is 0 Å². The topological polar surface area (TPSA) is 395 Å². The standard InChI is InChI=1S/C54H79N9O17/c1-9-28(4)43-54(78)80-30(6)44(61-47(71)36(20-22-41(55)68)56-46(70)35(57-50(74)40(67)26-64)19-14-31-10-15-33(66)16-11-31)51(75)59-38(24-27(2)3)48(72)58-37-21-23-42(69)63(52(37)76)45(29(5)65)53(77)62(7)39(49(73)60-43)25-32-12-17-34(79-8)18-13-32/h10-13,15-18,27-30,35-40,42-45,64-67,69H,9,14,19-26H2,1-8H3,(H2,55,68)(H,56,70)(H,57,74)(H,58,72)(H,59,75)(H,60,73)(H,61,71)/t28-,29-,30+,35-,36-,37-,38-,39-,40-,42+,43-,44-,45-/m0/s1. The first-order valence-electron chi connectivity index (χ1n) is 26.7. The number of aryl methyl sites for hydroxylation is 1. The van der Waals surface area contributed by atoms with Gasteiger partial charge in [0.1, 0.15) is 72.2 Å². The summed E-state index contributed by atoms with van der Waals surface area (Å²) in [6, 6.07) is -0.531. The number of esters is 1. The first-order valence-corrected chi connectivity index (χ1v) is 26.7. The fourth-order valence-electron chi connectivity index (χ4n) is 9.22. The van der Waals surface area contributed by atoms with E-state index in [1.807, 2.05) is 0 Å². The van der Waals surface area contributed by atoms with Crippen LogP contribution in [0.4, 0.5) is 0 Å². The van der Waals surface area contributed by atoms with Crippen LogP contribution in [0.1, 0.15) is 97.6 Å². The monoisotopic (exact) mass is 1130 g/mol. The maximum atomic E-state index is 14.8. The Bertz CT molecular complexity index is 2500. The second kappa shape index (κ2) is 30.2. The minimum Gasteiger partial charge on any atom is -0.508 e. The molecule has 26 heteroatoms. The van der Waals surface area contributed by atoms with Crippen LogP contribution < -0.4 is 42.4 Å². The van der Waals surface area contributed by atoms with Crippen molar-refractivity contribution in [3.63, 3.8) is 0 Å². The van der Waals surface area contributed by atoms with E-state index in [-0.39, 0.29) is 56.6 Å². The molecule has 13 atom stereocenters. The zero-order valence-electron chi connectivity index (χ0n) is 46.4. The summed E-state index contributed by atoms with van der Waals surface area (Å²) in [5.74, 6) is -10.9. The number of aliphatic hydroxyl groups is 4. The third kappa shape index (κ3) is 18.1. The Hall–Kier alpha value is -7.42. The summed E-state index contributed by atoms with van der Waals surface area (Å²) in [7, 11) is 2.71. The number of aromatic hydroxyl groups is 1. The summed E-state index contributed by atoms with van der Waals surface area (Å²) in [6.45, 7) is 8.20. The van der Waals surface area contributed by atoms with Gasteiger partial charge in [0.2, 0.25) is 47.3 Å². The fraction of sp³-hybridized carbons (Fsp3) is 0.593. The van der Waals surface area contributed by atoms with Gasteiger partial charge in [-0.1, -0.05) is 58.4 Å².